The highest BCUT2D eigenvalue weighted by Gasteiger charge is 2.06. The molecule has 0 aromatic carbocycles. The third-order valence-electron chi connectivity index (χ3n) is 0.935. The Bertz CT molecular complexity index is 124. The third kappa shape index (κ3) is 0.856. The fourth-order valence-corrected chi connectivity index (χ4v) is 0.628. The van der Waals surface area contributed by atoms with Crippen LogP contribution >= 0.6 is 0 Å². The van der Waals surface area contributed by atoms with E-state index in [2.05, 4.69) is 18.2 Å². The van der Waals surface area contributed by atoms with Crippen molar-refractivity contribution in [1.29, 1.82) is 0 Å². The summed E-state index contributed by atoms with van der Waals surface area (Å²) < 4.78 is 1.82. The van der Waals surface area contributed by atoms with Gasteiger partial charge in [0.15, 0.2) is 13.3 Å². The topological polar surface area (TPSA) is 15.4 Å². The molecular weight excluding hydrogens is 88.1 g/mol. The lowest BCUT2D eigenvalue weighted by Crippen LogP contribution is -1.95. The van der Waals surface area contributed by atoms with Crippen molar-refractivity contribution in [3.05, 3.63) is 0 Å². The van der Waals surface area contributed by atoms with Crippen LogP contribution in [0.3, 0.4) is 0 Å². The minimum Gasteiger partial charge on any atom is -0.0977 e. The smallest absolute Gasteiger partial charge is 0.0977 e. The lowest BCUT2D eigenvalue weighted by Gasteiger charge is -1.74. The standard InChI is InChI=1S/C5H9N2/c1-5-3-6-7(2)4-5/h3-5H,1-2H3/q+1. The summed E-state index contributed by atoms with van der Waals surface area (Å²) >= 11 is 0. The highest BCUT2D eigenvalue weighted by atomic mass is 15.4. The van der Waals surface area contributed by atoms with Crippen LogP contribution in [0.15, 0.2) is 5.10 Å². The molecule has 1 unspecified atom stereocenters. The quantitative estimate of drug-likeness (QED) is 0.387. The average Bonchev–Trinajstić information content (AvgIpc) is 1.87. The van der Waals surface area contributed by atoms with Crippen molar-refractivity contribution < 1.29 is 4.68 Å². The van der Waals surface area contributed by atoms with Gasteiger partial charge >= 0.3 is 0 Å². The fraction of sp³-hybridized carbons (Fsp3) is 0.600. The first kappa shape index (κ1) is 4.50. The molecule has 1 heterocycles. The van der Waals surface area contributed by atoms with Crippen molar-refractivity contribution in [3.63, 3.8) is 0 Å². The molecule has 7 heavy (non-hydrogen) atoms. The summed E-state index contributed by atoms with van der Waals surface area (Å²) in [4.78, 5) is 0. The Kier molecular flexibility index (Phi) is 0.929. The first-order valence-electron chi connectivity index (χ1n) is 2.41. The van der Waals surface area contributed by atoms with Crippen LogP contribution in [-0.2, 0) is 0 Å². The third-order valence-corrected chi connectivity index (χ3v) is 0.935. The molecule has 38 valence electrons. The normalized spacial score (nSPS) is 28.3. The lowest BCUT2D eigenvalue weighted by atomic mass is 10.2. The van der Waals surface area contributed by atoms with Gasteiger partial charge < -0.3 is 0 Å². The van der Waals surface area contributed by atoms with Crippen LogP contribution in [-0.4, -0.2) is 24.2 Å². The van der Waals surface area contributed by atoms with Crippen molar-refractivity contribution in [2.75, 3.05) is 7.05 Å². The molecule has 0 N–H and O–H groups in total. The van der Waals surface area contributed by atoms with Crippen LogP contribution in [0.2, 0.25) is 0 Å². The number of hydrogen-bond acceptors (Lipinski definition) is 1. The second kappa shape index (κ2) is 1.45. The molecule has 0 radical (unpaired) electrons. The van der Waals surface area contributed by atoms with E-state index in [1.807, 2.05) is 17.9 Å². The summed E-state index contributed by atoms with van der Waals surface area (Å²) in [6, 6.07) is 0. The Morgan fingerprint density at radius 3 is 2.57 bits per heavy atom. The molecule has 0 aliphatic carbocycles. The maximum absolute atomic E-state index is 3.97. The summed E-state index contributed by atoms with van der Waals surface area (Å²) in [5.74, 6) is 0.532. The van der Waals surface area contributed by atoms with E-state index in [0.717, 1.165) is 0 Å². The van der Waals surface area contributed by atoms with Gasteiger partial charge in [0, 0.05) is 0 Å². The summed E-state index contributed by atoms with van der Waals surface area (Å²) in [6.45, 7) is 2.10. The predicted molar refractivity (Wildman–Crippen MR) is 29.9 cm³/mol. The van der Waals surface area contributed by atoms with E-state index in [1.54, 1.807) is 0 Å². The molecule has 2 nitrogen and oxygen atoms in total. The molecule has 0 aromatic rings. The van der Waals surface area contributed by atoms with Crippen molar-refractivity contribution in [2.24, 2.45) is 11.0 Å². The van der Waals surface area contributed by atoms with Crippen LogP contribution in [0.4, 0.5) is 0 Å². The zero-order chi connectivity index (χ0) is 5.28. The van der Waals surface area contributed by atoms with Gasteiger partial charge in [0.1, 0.15) is 0 Å². The molecule has 0 saturated heterocycles. The molecule has 0 aromatic heterocycles. The average molecular weight is 97.1 g/mol. The molecule has 1 rings (SSSR count). The molecule has 0 amide bonds. The Labute approximate surface area is 43.2 Å². The van der Waals surface area contributed by atoms with Crippen molar-refractivity contribution in [3.8, 4) is 0 Å². The second-order valence-electron chi connectivity index (χ2n) is 1.85. The summed E-state index contributed by atoms with van der Waals surface area (Å²) in [7, 11) is 1.93. The van der Waals surface area contributed by atoms with Gasteiger partial charge in [0.25, 0.3) is 0 Å². The van der Waals surface area contributed by atoms with Crippen LogP contribution in [0.25, 0.3) is 0 Å². The molecule has 0 bridgehead atoms. The second-order valence-corrected chi connectivity index (χ2v) is 1.85. The van der Waals surface area contributed by atoms with Gasteiger partial charge in [-0.15, -0.1) is 0 Å². The maximum Gasteiger partial charge on any atom is 0.180 e. The molecule has 2 heteroatoms. The molecule has 1 aliphatic heterocycles. The minimum atomic E-state index is 0.532. The maximum atomic E-state index is 3.97. The zero-order valence-electron chi connectivity index (χ0n) is 4.63. The van der Waals surface area contributed by atoms with Gasteiger partial charge in [-0.25, -0.2) is 0 Å². The van der Waals surface area contributed by atoms with E-state index in [-0.39, 0.29) is 0 Å². The van der Waals surface area contributed by atoms with Crippen molar-refractivity contribution >= 4 is 12.4 Å². The van der Waals surface area contributed by atoms with Gasteiger partial charge in [-0.2, -0.15) is 0 Å². The van der Waals surface area contributed by atoms with E-state index < -0.39 is 0 Å². The summed E-state index contributed by atoms with van der Waals surface area (Å²) in [5, 5.41) is 3.97. The molecule has 1 aliphatic rings. The van der Waals surface area contributed by atoms with Crippen molar-refractivity contribution in [1.82, 2.24) is 0 Å². The SMILES string of the molecule is CC1C=N[N+](C)=C1. The van der Waals surface area contributed by atoms with E-state index in [4.69, 9.17) is 0 Å². The van der Waals surface area contributed by atoms with E-state index in [1.165, 1.54) is 0 Å². The van der Waals surface area contributed by atoms with E-state index in [0.29, 0.717) is 5.92 Å². The Morgan fingerprint density at radius 2 is 2.43 bits per heavy atom. The molecule has 0 saturated carbocycles. The fourth-order valence-electron chi connectivity index (χ4n) is 0.628. The van der Waals surface area contributed by atoms with E-state index >= 15 is 0 Å². The highest BCUT2D eigenvalue weighted by Crippen LogP contribution is 1.90. The van der Waals surface area contributed by atoms with Gasteiger partial charge in [-0.05, 0) is 12.0 Å². The van der Waals surface area contributed by atoms with Crippen LogP contribution in [0, 0.1) is 5.92 Å². The monoisotopic (exact) mass is 97.1 g/mol. The lowest BCUT2D eigenvalue weighted by molar-refractivity contribution is -0.494. The first-order chi connectivity index (χ1) is 3.29. The van der Waals surface area contributed by atoms with Gasteiger partial charge in [0.05, 0.1) is 12.1 Å². The van der Waals surface area contributed by atoms with Crippen LogP contribution in [0.1, 0.15) is 6.92 Å². The number of rotatable bonds is 0. The van der Waals surface area contributed by atoms with E-state index in [9.17, 15) is 0 Å². The Hall–Kier alpha value is -0.660. The van der Waals surface area contributed by atoms with Gasteiger partial charge in [-0.1, -0.05) is 4.68 Å². The summed E-state index contributed by atoms with van der Waals surface area (Å²) in [5.41, 5.74) is 0. The Balaban J connectivity index is 2.69. The molecular formula is C5H9N2+. The predicted octanol–water partition coefficient (Wildman–Crippen LogP) is 0.335. The number of hydrogen-bond donors (Lipinski definition) is 0. The Morgan fingerprint density at radius 1 is 1.71 bits per heavy atom. The zero-order valence-corrected chi connectivity index (χ0v) is 4.63. The largest absolute Gasteiger partial charge is 0.180 e. The number of hydrazone groups is 1. The molecule has 0 fully saturated rings. The molecule has 0 spiro atoms. The van der Waals surface area contributed by atoms with Crippen LogP contribution in [0.5, 0.6) is 0 Å². The summed E-state index contributed by atoms with van der Waals surface area (Å²) in [6.07, 6.45) is 3.97. The minimum absolute atomic E-state index is 0.532. The molecule has 1 atom stereocenters. The van der Waals surface area contributed by atoms with Gasteiger partial charge in [-0.3, -0.25) is 0 Å². The first-order valence-corrected chi connectivity index (χ1v) is 2.41. The van der Waals surface area contributed by atoms with Crippen LogP contribution < -0.4 is 0 Å². The van der Waals surface area contributed by atoms with Gasteiger partial charge in [0.2, 0.25) is 0 Å². The highest BCUT2D eigenvalue weighted by molar-refractivity contribution is 5.82. The number of nitrogens with zero attached hydrogens (tertiary/aromatic N) is 2. The van der Waals surface area contributed by atoms with Crippen molar-refractivity contribution in [2.45, 2.75) is 6.92 Å².